The molecule has 27 heavy (non-hydrogen) atoms. The summed E-state index contributed by atoms with van der Waals surface area (Å²) in [5.74, 6) is -1.37. The third kappa shape index (κ3) is 3.99. The van der Waals surface area contributed by atoms with Gasteiger partial charge < -0.3 is 9.47 Å². The van der Waals surface area contributed by atoms with Gasteiger partial charge in [0.15, 0.2) is 12.9 Å². The number of urea groups is 1. The highest BCUT2D eigenvalue weighted by Gasteiger charge is 2.32. The molecule has 7 nitrogen and oxygen atoms in total. The van der Waals surface area contributed by atoms with E-state index in [0.29, 0.717) is 0 Å². The molecule has 2 atom stereocenters. The van der Waals surface area contributed by atoms with Gasteiger partial charge in [-0.25, -0.2) is 9.18 Å². The Morgan fingerprint density at radius 1 is 1.26 bits per heavy atom. The summed E-state index contributed by atoms with van der Waals surface area (Å²) in [7, 11) is 1.59. The van der Waals surface area contributed by atoms with Crippen LogP contribution in [0.5, 0.6) is 5.75 Å². The summed E-state index contributed by atoms with van der Waals surface area (Å²) in [5, 5.41) is 3.79. The van der Waals surface area contributed by atoms with Crippen LogP contribution in [-0.4, -0.2) is 49.4 Å². The first-order chi connectivity index (χ1) is 12.9. The minimum absolute atomic E-state index is 0.423. The lowest BCUT2D eigenvalue weighted by Crippen LogP contribution is -2.56. The number of benzene rings is 2. The molecule has 0 aliphatic carbocycles. The van der Waals surface area contributed by atoms with Crippen molar-refractivity contribution in [3.8, 4) is 5.75 Å². The molecule has 2 aromatic carbocycles. The number of alkyl halides is 1. The Hall–Kier alpha value is -3.16. The average molecular weight is 374 g/mol. The van der Waals surface area contributed by atoms with E-state index >= 15 is 0 Å². The van der Waals surface area contributed by atoms with Gasteiger partial charge in [0.2, 0.25) is 0 Å². The number of nitrogens with zero attached hydrogens (tertiary/aromatic N) is 1. The first-order valence-corrected chi connectivity index (χ1v) is 8.37. The molecular weight excluding hydrogens is 355 g/mol. The number of hydrogen-bond donors (Lipinski definition) is 1. The molecule has 1 aliphatic rings. The zero-order valence-electron chi connectivity index (χ0n) is 14.9. The smallest absolute Gasteiger partial charge is 0.326 e. The normalized spacial score (nSPS) is 18.2. The van der Waals surface area contributed by atoms with E-state index in [0.717, 1.165) is 27.0 Å². The van der Waals surface area contributed by atoms with Crippen molar-refractivity contribution in [2.75, 3.05) is 20.4 Å². The lowest BCUT2D eigenvalue weighted by Gasteiger charge is -2.28. The van der Waals surface area contributed by atoms with Crippen LogP contribution < -0.4 is 10.1 Å². The maximum Gasteiger partial charge on any atom is 0.326 e. The molecule has 0 radical (unpaired) electrons. The van der Waals surface area contributed by atoms with E-state index < -0.39 is 43.3 Å². The molecule has 0 aromatic heterocycles. The summed E-state index contributed by atoms with van der Waals surface area (Å²) < 4.78 is 23.7. The summed E-state index contributed by atoms with van der Waals surface area (Å²) in [6.07, 6.45) is -1.84. The molecular formula is C19H19FN2O5. The number of methoxy groups -OCH3 is 1. The zero-order valence-corrected chi connectivity index (χ0v) is 14.9. The Bertz CT molecular complexity index is 901. The minimum atomic E-state index is -1.84. The van der Waals surface area contributed by atoms with E-state index in [1.54, 1.807) is 14.0 Å². The van der Waals surface area contributed by atoms with Crippen LogP contribution in [0.2, 0.25) is 0 Å². The minimum Gasteiger partial charge on any atom is -0.497 e. The molecule has 3 amide bonds. The van der Waals surface area contributed by atoms with Crippen LogP contribution in [0.15, 0.2) is 36.4 Å². The number of fused-ring (bicyclic) bond motifs is 1. The maximum absolute atomic E-state index is 13.4. The quantitative estimate of drug-likeness (QED) is 0.812. The number of esters is 1. The third-order valence-electron chi connectivity index (χ3n) is 4.47. The van der Waals surface area contributed by atoms with Crippen LogP contribution in [0.1, 0.15) is 18.4 Å². The molecule has 0 spiro atoms. The second-order valence-corrected chi connectivity index (χ2v) is 6.27. The summed E-state index contributed by atoms with van der Waals surface area (Å²) in [6.45, 7) is 0.822. The van der Waals surface area contributed by atoms with Crippen molar-refractivity contribution in [2.24, 2.45) is 0 Å². The van der Waals surface area contributed by atoms with E-state index in [4.69, 9.17) is 9.47 Å². The van der Waals surface area contributed by atoms with Gasteiger partial charge in [0.25, 0.3) is 5.91 Å². The number of imide groups is 1. The van der Waals surface area contributed by atoms with Crippen molar-refractivity contribution in [2.45, 2.75) is 19.0 Å². The highest BCUT2D eigenvalue weighted by Crippen LogP contribution is 2.25. The average Bonchev–Trinajstić information content (AvgIpc) is 2.68. The Kier molecular flexibility index (Phi) is 5.25. The summed E-state index contributed by atoms with van der Waals surface area (Å²) in [5.41, 5.74) is 0.749. The Morgan fingerprint density at radius 3 is 2.70 bits per heavy atom. The summed E-state index contributed by atoms with van der Waals surface area (Å²) in [6, 6.07) is 10.4. The van der Waals surface area contributed by atoms with Crippen LogP contribution in [0.4, 0.5) is 9.18 Å². The van der Waals surface area contributed by atoms with Crippen LogP contribution in [0, 0.1) is 0 Å². The molecule has 0 bridgehead atoms. The molecule has 2 aromatic rings. The fraction of sp³-hybridized carbons (Fsp3) is 0.316. The highest BCUT2D eigenvalue weighted by atomic mass is 19.1. The number of nitrogens with one attached hydrogen (secondary N) is 1. The molecule has 2 unspecified atom stereocenters. The van der Waals surface area contributed by atoms with Crippen LogP contribution in [0.25, 0.3) is 10.8 Å². The number of carbonyl (C=O) groups excluding carboxylic acids is 3. The Morgan fingerprint density at radius 2 is 1.96 bits per heavy atom. The van der Waals surface area contributed by atoms with Gasteiger partial charge in [0.1, 0.15) is 5.75 Å². The number of rotatable bonds is 5. The van der Waals surface area contributed by atoms with Crippen LogP contribution in [-0.2, 0) is 14.3 Å². The fourth-order valence-electron chi connectivity index (χ4n) is 2.77. The van der Waals surface area contributed by atoms with E-state index in [9.17, 15) is 18.8 Å². The highest BCUT2D eigenvalue weighted by molar-refractivity contribution is 5.99. The van der Waals surface area contributed by atoms with Gasteiger partial charge >= 0.3 is 12.0 Å². The van der Waals surface area contributed by atoms with E-state index in [2.05, 4.69) is 0 Å². The van der Waals surface area contributed by atoms with Crippen molar-refractivity contribution >= 4 is 28.7 Å². The fourth-order valence-corrected chi connectivity index (χ4v) is 2.77. The second-order valence-electron chi connectivity index (χ2n) is 6.27. The number of ether oxygens (including phenoxy) is 2. The first-order valence-electron chi connectivity index (χ1n) is 8.37. The molecule has 142 valence electrons. The Labute approximate surface area is 155 Å². The topological polar surface area (TPSA) is 84.9 Å². The van der Waals surface area contributed by atoms with Crippen molar-refractivity contribution in [3.63, 3.8) is 0 Å². The molecule has 1 N–H and O–H groups in total. The first kappa shape index (κ1) is 18.6. The molecule has 1 fully saturated rings. The zero-order chi connectivity index (χ0) is 19.6. The van der Waals surface area contributed by atoms with Gasteiger partial charge in [-0.2, -0.15) is 0 Å². The van der Waals surface area contributed by atoms with Gasteiger partial charge in [-0.05, 0) is 35.4 Å². The summed E-state index contributed by atoms with van der Waals surface area (Å²) in [4.78, 5) is 36.0. The molecule has 1 saturated heterocycles. The van der Waals surface area contributed by atoms with Crippen molar-refractivity contribution in [3.05, 3.63) is 42.0 Å². The van der Waals surface area contributed by atoms with Gasteiger partial charge in [0, 0.05) is 0 Å². The summed E-state index contributed by atoms with van der Waals surface area (Å²) >= 11 is 0. The number of halogens is 1. The lowest BCUT2D eigenvalue weighted by molar-refractivity contribution is -0.149. The SMILES string of the molecule is COc1ccc2cc(C(C)C(=O)OCN3CC(F)C(=O)NC3=O)ccc2c1. The predicted molar refractivity (Wildman–Crippen MR) is 95.0 cm³/mol. The van der Waals surface area contributed by atoms with Crippen molar-refractivity contribution < 1.29 is 28.2 Å². The van der Waals surface area contributed by atoms with E-state index in [1.807, 2.05) is 41.7 Å². The number of carbonyl (C=O) groups is 3. The molecule has 1 heterocycles. The van der Waals surface area contributed by atoms with Gasteiger partial charge in [0.05, 0.1) is 19.6 Å². The van der Waals surface area contributed by atoms with Crippen LogP contribution in [0.3, 0.4) is 0 Å². The maximum atomic E-state index is 13.4. The predicted octanol–water partition coefficient (Wildman–Crippen LogP) is 2.34. The van der Waals surface area contributed by atoms with Crippen molar-refractivity contribution in [1.29, 1.82) is 0 Å². The standard InChI is InChI=1S/C19H19FN2O5/c1-11(12-3-4-14-8-15(26-2)6-5-13(14)7-12)18(24)27-10-22-9-16(20)17(23)21-19(22)25/h3-8,11,16H,9-10H2,1-2H3,(H,21,23,25). The number of hydrogen-bond acceptors (Lipinski definition) is 5. The molecule has 3 rings (SSSR count). The second kappa shape index (κ2) is 7.61. The number of amides is 3. The molecule has 0 saturated carbocycles. The molecule has 8 heteroatoms. The van der Waals surface area contributed by atoms with Gasteiger partial charge in [-0.3, -0.25) is 19.8 Å². The largest absolute Gasteiger partial charge is 0.497 e. The van der Waals surface area contributed by atoms with E-state index in [1.165, 1.54) is 0 Å². The lowest BCUT2D eigenvalue weighted by atomic mass is 9.98. The van der Waals surface area contributed by atoms with E-state index in [-0.39, 0.29) is 0 Å². The van der Waals surface area contributed by atoms with Crippen LogP contribution >= 0.6 is 0 Å². The monoisotopic (exact) mass is 374 g/mol. The third-order valence-corrected chi connectivity index (χ3v) is 4.47. The Balaban J connectivity index is 1.65. The van der Waals surface area contributed by atoms with Gasteiger partial charge in [-0.1, -0.05) is 24.3 Å². The van der Waals surface area contributed by atoms with Gasteiger partial charge in [-0.15, -0.1) is 0 Å². The molecule has 1 aliphatic heterocycles. The van der Waals surface area contributed by atoms with Crippen molar-refractivity contribution in [1.82, 2.24) is 10.2 Å².